The number of hydrogen-bond donors (Lipinski definition) is 0. The summed E-state index contributed by atoms with van der Waals surface area (Å²) in [6.07, 6.45) is 4.09. The van der Waals surface area contributed by atoms with Crippen molar-refractivity contribution in [3.8, 4) is 0 Å². The Kier molecular flexibility index (Phi) is 4.49. The standard InChI is InChI=1S/C14H23BrN2O/c1-9-5-6-12(7-10(9)2)18-8-13-14(15)11(3)16-17(13)4/h9-10,12H,5-8H2,1-4H3. The van der Waals surface area contributed by atoms with Gasteiger partial charge in [0, 0.05) is 7.05 Å². The summed E-state index contributed by atoms with van der Waals surface area (Å²) in [6.45, 7) is 7.36. The van der Waals surface area contributed by atoms with Crippen molar-refractivity contribution < 1.29 is 4.74 Å². The van der Waals surface area contributed by atoms with Gasteiger partial charge in [-0.3, -0.25) is 4.68 Å². The summed E-state index contributed by atoms with van der Waals surface area (Å²) in [5.74, 6) is 1.62. The fourth-order valence-corrected chi connectivity index (χ4v) is 3.13. The normalized spacial score (nSPS) is 28.6. The number of aryl methyl sites for hydroxylation is 2. The monoisotopic (exact) mass is 314 g/mol. The minimum absolute atomic E-state index is 0.415. The number of rotatable bonds is 3. The molecule has 1 aromatic heterocycles. The number of ether oxygens (including phenoxy) is 1. The zero-order chi connectivity index (χ0) is 13.3. The Balaban J connectivity index is 1.92. The van der Waals surface area contributed by atoms with Crippen molar-refractivity contribution in [3.05, 3.63) is 15.9 Å². The molecule has 1 fully saturated rings. The molecule has 0 N–H and O–H groups in total. The number of halogens is 1. The van der Waals surface area contributed by atoms with E-state index >= 15 is 0 Å². The van der Waals surface area contributed by atoms with E-state index in [-0.39, 0.29) is 0 Å². The Morgan fingerprint density at radius 1 is 1.33 bits per heavy atom. The molecule has 3 unspecified atom stereocenters. The van der Waals surface area contributed by atoms with Gasteiger partial charge in [0.2, 0.25) is 0 Å². The molecule has 1 aromatic rings. The van der Waals surface area contributed by atoms with Crippen molar-refractivity contribution in [3.63, 3.8) is 0 Å². The molecule has 0 amide bonds. The first kappa shape index (κ1) is 14.1. The van der Waals surface area contributed by atoms with Gasteiger partial charge in [0.15, 0.2) is 0 Å². The molecular weight excluding hydrogens is 292 g/mol. The van der Waals surface area contributed by atoms with Gasteiger partial charge in [0.1, 0.15) is 0 Å². The summed E-state index contributed by atoms with van der Waals surface area (Å²) in [5.41, 5.74) is 2.17. The summed E-state index contributed by atoms with van der Waals surface area (Å²) in [6, 6.07) is 0. The van der Waals surface area contributed by atoms with E-state index in [1.54, 1.807) is 0 Å². The first-order valence-electron chi connectivity index (χ1n) is 6.78. The largest absolute Gasteiger partial charge is 0.372 e. The van der Waals surface area contributed by atoms with Crippen LogP contribution in [0.5, 0.6) is 0 Å². The Morgan fingerprint density at radius 2 is 2.06 bits per heavy atom. The molecule has 0 aliphatic heterocycles. The van der Waals surface area contributed by atoms with Crippen LogP contribution in [-0.4, -0.2) is 15.9 Å². The van der Waals surface area contributed by atoms with Crippen LogP contribution in [0.3, 0.4) is 0 Å². The van der Waals surface area contributed by atoms with Gasteiger partial charge >= 0.3 is 0 Å². The van der Waals surface area contributed by atoms with Crippen LogP contribution < -0.4 is 0 Å². The minimum Gasteiger partial charge on any atom is -0.372 e. The second-order valence-electron chi connectivity index (χ2n) is 5.67. The lowest BCUT2D eigenvalue weighted by Crippen LogP contribution is -2.26. The third-order valence-corrected chi connectivity index (χ3v) is 5.30. The van der Waals surface area contributed by atoms with Crippen LogP contribution in [0, 0.1) is 18.8 Å². The summed E-state index contributed by atoms with van der Waals surface area (Å²) >= 11 is 3.58. The highest BCUT2D eigenvalue weighted by molar-refractivity contribution is 9.10. The van der Waals surface area contributed by atoms with Crippen molar-refractivity contribution >= 4 is 15.9 Å². The highest BCUT2D eigenvalue weighted by atomic mass is 79.9. The van der Waals surface area contributed by atoms with Crippen molar-refractivity contribution in [2.45, 2.75) is 52.7 Å². The second kappa shape index (κ2) is 5.74. The average molecular weight is 315 g/mol. The fourth-order valence-electron chi connectivity index (χ4n) is 2.68. The van der Waals surface area contributed by atoms with E-state index in [0.29, 0.717) is 12.7 Å². The van der Waals surface area contributed by atoms with E-state index in [2.05, 4.69) is 34.9 Å². The third-order valence-electron chi connectivity index (χ3n) is 4.27. The molecule has 0 bridgehead atoms. The third kappa shape index (κ3) is 2.97. The van der Waals surface area contributed by atoms with Crippen molar-refractivity contribution in [2.24, 2.45) is 18.9 Å². The van der Waals surface area contributed by atoms with Crippen molar-refractivity contribution in [1.29, 1.82) is 0 Å². The number of aromatic nitrogens is 2. The molecule has 18 heavy (non-hydrogen) atoms. The smallest absolute Gasteiger partial charge is 0.0900 e. The van der Waals surface area contributed by atoms with E-state index < -0.39 is 0 Å². The van der Waals surface area contributed by atoms with Gasteiger partial charge in [-0.1, -0.05) is 13.8 Å². The van der Waals surface area contributed by atoms with Crippen molar-refractivity contribution in [1.82, 2.24) is 9.78 Å². The fraction of sp³-hybridized carbons (Fsp3) is 0.786. The highest BCUT2D eigenvalue weighted by Gasteiger charge is 2.25. The summed E-state index contributed by atoms with van der Waals surface area (Å²) in [5, 5.41) is 4.39. The highest BCUT2D eigenvalue weighted by Crippen LogP contribution is 2.32. The molecule has 2 rings (SSSR count). The number of nitrogens with zero attached hydrogens (tertiary/aromatic N) is 2. The van der Waals surface area contributed by atoms with E-state index in [4.69, 9.17) is 4.74 Å². The summed E-state index contributed by atoms with van der Waals surface area (Å²) in [7, 11) is 1.97. The van der Waals surface area contributed by atoms with Crippen LogP contribution in [-0.2, 0) is 18.4 Å². The molecule has 3 atom stereocenters. The molecule has 3 nitrogen and oxygen atoms in total. The molecule has 0 saturated heterocycles. The Morgan fingerprint density at radius 3 is 2.61 bits per heavy atom. The van der Waals surface area contributed by atoms with Crippen LogP contribution in [0.15, 0.2) is 4.47 Å². The molecule has 4 heteroatoms. The van der Waals surface area contributed by atoms with Gasteiger partial charge in [0.05, 0.1) is 28.6 Å². The van der Waals surface area contributed by atoms with Crippen molar-refractivity contribution in [2.75, 3.05) is 0 Å². The lowest BCUT2D eigenvalue weighted by atomic mass is 9.80. The first-order chi connectivity index (χ1) is 8.49. The zero-order valence-electron chi connectivity index (χ0n) is 11.7. The summed E-state index contributed by atoms with van der Waals surface area (Å²) in [4.78, 5) is 0. The predicted molar refractivity (Wildman–Crippen MR) is 76.4 cm³/mol. The maximum absolute atomic E-state index is 6.07. The predicted octanol–water partition coefficient (Wildman–Crippen LogP) is 3.83. The first-order valence-corrected chi connectivity index (χ1v) is 7.58. The Labute approximate surface area is 118 Å². The quantitative estimate of drug-likeness (QED) is 0.847. The van der Waals surface area contributed by atoms with Gasteiger partial charge in [-0.05, 0) is 54.0 Å². The van der Waals surface area contributed by atoms with Crippen LogP contribution in [0.1, 0.15) is 44.5 Å². The molecule has 1 aliphatic carbocycles. The zero-order valence-corrected chi connectivity index (χ0v) is 13.3. The van der Waals surface area contributed by atoms with Crippen LogP contribution in [0.25, 0.3) is 0 Å². The molecule has 1 aliphatic rings. The molecule has 0 spiro atoms. The van der Waals surface area contributed by atoms with Crippen LogP contribution in [0.2, 0.25) is 0 Å². The summed E-state index contributed by atoms with van der Waals surface area (Å²) < 4.78 is 9.07. The van der Waals surface area contributed by atoms with Gasteiger partial charge in [-0.2, -0.15) is 5.10 Å². The van der Waals surface area contributed by atoms with Gasteiger partial charge in [-0.15, -0.1) is 0 Å². The molecular formula is C14H23BrN2O. The number of hydrogen-bond acceptors (Lipinski definition) is 2. The van der Waals surface area contributed by atoms with Gasteiger partial charge in [-0.25, -0.2) is 0 Å². The second-order valence-corrected chi connectivity index (χ2v) is 6.46. The van der Waals surface area contributed by atoms with Gasteiger partial charge < -0.3 is 4.74 Å². The lowest BCUT2D eigenvalue weighted by molar-refractivity contribution is -0.0101. The molecule has 1 saturated carbocycles. The van der Waals surface area contributed by atoms with Crippen LogP contribution >= 0.6 is 15.9 Å². The Bertz CT molecular complexity index is 416. The maximum atomic E-state index is 6.07. The van der Waals surface area contributed by atoms with E-state index in [1.807, 2.05) is 18.7 Å². The van der Waals surface area contributed by atoms with E-state index in [0.717, 1.165) is 27.7 Å². The minimum atomic E-state index is 0.415. The SMILES string of the molecule is Cc1nn(C)c(COC2CCC(C)C(C)C2)c1Br. The van der Waals surface area contributed by atoms with E-state index in [9.17, 15) is 0 Å². The maximum Gasteiger partial charge on any atom is 0.0900 e. The average Bonchev–Trinajstić information content (AvgIpc) is 2.56. The van der Waals surface area contributed by atoms with Crippen LogP contribution in [0.4, 0.5) is 0 Å². The lowest BCUT2D eigenvalue weighted by Gasteiger charge is -2.31. The van der Waals surface area contributed by atoms with E-state index in [1.165, 1.54) is 19.3 Å². The molecule has 102 valence electrons. The van der Waals surface area contributed by atoms with Gasteiger partial charge in [0.25, 0.3) is 0 Å². The molecule has 0 radical (unpaired) electrons. The topological polar surface area (TPSA) is 27.1 Å². The molecule has 0 aromatic carbocycles. The molecule has 1 heterocycles. The Hall–Kier alpha value is -0.350.